The van der Waals surface area contributed by atoms with Gasteiger partial charge in [0.15, 0.2) is 0 Å². The van der Waals surface area contributed by atoms with Crippen LogP contribution in [0.5, 0.6) is 0 Å². The summed E-state index contributed by atoms with van der Waals surface area (Å²) in [4.78, 5) is 0. The minimum absolute atomic E-state index is 0.138. The monoisotopic (exact) mass is 252 g/mol. The Morgan fingerprint density at radius 2 is 2.11 bits per heavy atom. The fraction of sp³-hybridized carbons (Fsp3) is 0.875. The van der Waals surface area contributed by atoms with Gasteiger partial charge in [-0.3, -0.25) is 0 Å². The van der Waals surface area contributed by atoms with Gasteiger partial charge in [0.25, 0.3) is 0 Å². The van der Waals surface area contributed by atoms with E-state index in [-0.39, 0.29) is 5.60 Å². The summed E-state index contributed by atoms with van der Waals surface area (Å²) in [6, 6.07) is 0. The van der Waals surface area contributed by atoms with Gasteiger partial charge in [0.1, 0.15) is 0 Å². The standard InChI is InChI=1S/C16H28O2/c1-15(2,17)11-13-7-5-12(6-8-13)9-10-14-16(3,4)18-14/h5,13-14,17H,6-11H2,1-4H3/t13?,14-/m1/s1. The van der Waals surface area contributed by atoms with Crippen LogP contribution < -0.4 is 0 Å². The van der Waals surface area contributed by atoms with Crippen molar-refractivity contribution in [1.82, 2.24) is 0 Å². The summed E-state index contributed by atoms with van der Waals surface area (Å²) in [5.74, 6) is 0.669. The van der Waals surface area contributed by atoms with Crippen molar-refractivity contribution in [2.45, 2.75) is 83.5 Å². The number of aliphatic hydroxyl groups is 1. The number of rotatable bonds is 5. The van der Waals surface area contributed by atoms with Crippen LogP contribution in [0.3, 0.4) is 0 Å². The highest BCUT2D eigenvalue weighted by Gasteiger charge is 2.46. The predicted molar refractivity (Wildman–Crippen MR) is 74.5 cm³/mol. The number of hydrogen-bond acceptors (Lipinski definition) is 2. The van der Waals surface area contributed by atoms with Crippen molar-refractivity contribution in [3.05, 3.63) is 11.6 Å². The van der Waals surface area contributed by atoms with Gasteiger partial charge in [-0.25, -0.2) is 0 Å². The van der Waals surface area contributed by atoms with E-state index in [0.29, 0.717) is 12.0 Å². The molecule has 1 fully saturated rings. The molecule has 2 aliphatic rings. The first kappa shape index (κ1) is 14.1. The Morgan fingerprint density at radius 1 is 1.44 bits per heavy atom. The molecule has 2 nitrogen and oxygen atoms in total. The van der Waals surface area contributed by atoms with Crippen LogP contribution in [0.2, 0.25) is 0 Å². The van der Waals surface area contributed by atoms with Crippen LogP contribution in [0.4, 0.5) is 0 Å². The number of epoxide rings is 1. The molecule has 0 aromatic heterocycles. The van der Waals surface area contributed by atoms with Gasteiger partial charge in [-0.15, -0.1) is 0 Å². The summed E-state index contributed by atoms with van der Waals surface area (Å²) in [5.41, 5.74) is 1.23. The Hall–Kier alpha value is -0.340. The lowest BCUT2D eigenvalue weighted by Gasteiger charge is -2.27. The van der Waals surface area contributed by atoms with Gasteiger partial charge in [0, 0.05) is 0 Å². The van der Waals surface area contributed by atoms with Crippen LogP contribution in [0, 0.1) is 5.92 Å². The molecule has 1 N–H and O–H groups in total. The van der Waals surface area contributed by atoms with Crippen molar-refractivity contribution in [2.75, 3.05) is 0 Å². The van der Waals surface area contributed by atoms with Gasteiger partial charge in [-0.1, -0.05) is 11.6 Å². The minimum atomic E-state index is -0.512. The molecule has 0 amide bonds. The Labute approximate surface area is 111 Å². The van der Waals surface area contributed by atoms with E-state index in [1.165, 1.54) is 25.7 Å². The van der Waals surface area contributed by atoms with E-state index < -0.39 is 5.60 Å². The summed E-state index contributed by atoms with van der Waals surface area (Å²) >= 11 is 0. The fourth-order valence-electron chi connectivity index (χ4n) is 3.12. The maximum atomic E-state index is 9.84. The average Bonchev–Trinajstić information content (AvgIpc) is 2.83. The molecule has 104 valence electrons. The SMILES string of the molecule is CC(C)(O)CC1CC=C(CC[C@H]2OC2(C)C)CC1. The van der Waals surface area contributed by atoms with Crippen molar-refractivity contribution < 1.29 is 9.84 Å². The van der Waals surface area contributed by atoms with Crippen molar-refractivity contribution in [1.29, 1.82) is 0 Å². The zero-order valence-corrected chi connectivity index (χ0v) is 12.3. The average molecular weight is 252 g/mol. The molecule has 1 aliphatic carbocycles. The highest BCUT2D eigenvalue weighted by atomic mass is 16.6. The summed E-state index contributed by atoms with van der Waals surface area (Å²) in [6.45, 7) is 8.18. The summed E-state index contributed by atoms with van der Waals surface area (Å²) in [6.07, 6.45) is 9.79. The van der Waals surface area contributed by atoms with Crippen molar-refractivity contribution in [3.63, 3.8) is 0 Å². The van der Waals surface area contributed by atoms with E-state index in [4.69, 9.17) is 4.74 Å². The lowest BCUT2D eigenvalue weighted by molar-refractivity contribution is 0.0506. The lowest BCUT2D eigenvalue weighted by Crippen LogP contribution is -2.24. The quantitative estimate of drug-likeness (QED) is 0.596. The normalized spacial score (nSPS) is 31.1. The summed E-state index contributed by atoms with van der Waals surface area (Å²) in [7, 11) is 0. The summed E-state index contributed by atoms with van der Waals surface area (Å²) < 4.78 is 5.62. The van der Waals surface area contributed by atoms with E-state index >= 15 is 0 Å². The topological polar surface area (TPSA) is 32.8 Å². The van der Waals surface area contributed by atoms with E-state index in [1.807, 2.05) is 13.8 Å². The maximum absolute atomic E-state index is 9.84. The van der Waals surface area contributed by atoms with Gasteiger partial charge in [-0.2, -0.15) is 0 Å². The first-order chi connectivity index (χ1) is 8.26. The first-order valence-electron chi connectivity index (χ1n) is 7.34. The van der Waals surface area contributed by atoms with Crippen LogP contribution >= 0.6 is 0 Å². The molecule has 0 saturated carbocycles. The third-order valence-corrected chi connectivity index (χ3v) is 4.29. The first-order valence-corrected chi connectivity index (χ1v) is 7.34. The second-order valence-electron chi connectivity index (χ2n) is 7.27. The predicted octanol–water partition coefficient (Wildman–Crippen LogP) is 3.83. The van der Waals surface area contributed by atoms with E-state index in [2.05, 4.69) is 19.9 Å². The molecule has 2 atom stereocenters. The van der Waals surface area contributed by atoms with E-state index in [1.54, 1.807) is 5.57 Å². The molecule has 0 radical (unpaired) electrons. The van der Waals surface area contributed by atoms with Crippen molar-refractivity contribution >= 4 is 0 Å². The van der Waals surface area contributed by atoms with Crippen LogP contribution in [0.25, 0.3) is 0 Å². The van der Waals surface area contributed by atoms with Crippen LogP contribution in [0.1, 0.15) is 66.2 Å². The third-order valence-electron chi connectivity index (χ3n) is 4.29. The molecule has 18 heavy (non-hydrogen) atoms. The molecular weight excluding hydrogens is 224 g/mol. The van der Waals surface area contributed by atoms with Gasteiger partial charge >= 0.3 is 0 Å². The van der Waals surface area contributed by atoms with Gasteiger partial charge < -0.3 is 9.84 Å². The third kappa shape index (κ3) is 4.10. The van der Waals surface area contributed by atoms with Crippen LogP contribution in [-0.2, 0) is 4.74 Å². The second-order valence-corrected chi connectivity index (χ2v) is 7.27. The number of hydrogen-bond donors (Lipinski definition) is 1. The molecular formula is C16H28O2. The highest BCUT2D eigenvalue weighted by Crippen LogP contribution is 2.40. The Bertz CT molecular complexity index is 322. The minimum Gasteiger partial charge on any atom is -0.390 e. The smallest absolute Gasteiger partial charge is 0.0892 e. The molecule has 1 unspecified atom stereocenters. The largest absolute Gasteiger partial charge is 0.390 e. The molecule has 2 rings (SSSR count). The second kappa shape index (κ2) is 4.97. The fourth-order valence-corrected chi connectivity index (χ4v) is 3.12. The molecule has 1 saturated heterocycles. The van der Waals surface area contributed by atoms with Crippen molar-refractivity contribution in [2.24, 2.45) is 5.92 Å². The van der Waals surface area contributed by atoms with Crippen LogP contribution in [-0.4, -0.2) is 22.4 Å². The van der Waals surface area contributed by atoms with Crippen LogP contribution in [0.15, 0.2) is 11.6 Å². The molecule has 0 spiro atoms. The zero-order chi connectivity index (χ0) is 13.4. The Balaban J connectivity index is 1.70. The zero-order valence-electron chi connectivity index (χ0n) is 12.3. The van der Waals surface area contributed by atoms with Crippen molar-refractivity contribution in [3.8, 4) is 0 Å². The number of ether oxygens (including phenoxy) is 1. The molecule has 1 heterocycles. The summed E-state index contributed by atoms with van der Waals surface area (Å²) in [5, 5.41) is 9.84. The Kier molecular flexibility index (Phi) is 3.89. The number of allylic oxidation sites excluding steroid dienone is 2. The molecule has 1 aliphatic heterocycles. The van der Waals surface area contributed by atoms with Gasteiger partial charge in [0.2, 0.25) is 0 Å². The molecule has 2 heteroatoms. The Morgan fingerprint density at radius 3 is 2.56 bits per heavy atom. The van der Waals surface area contributed by atoms with E-state index in [9.17, 15) is 5.11 Å². The molecule has 0 bridgehead atoms. The maximum Gasteiger partial charge on any atom is 0.0892 e. The lowest BCUT2D eigenvalue weighted by atomic mass is 9.81. The molecule has 0 aromatic carbocycles. The van der Waals surface area contributed by atoms with E-state index in [0.717, 1.165) is 12.8 Å². The highest BCUT2D eigenvalue weighted by molar-refractivity contribution is 5.08. The molecule has 0 aromatic rings. The van der Waals surface area contributed by atoms with Gasteiger partial charge in [-0.05, 0) is 72.1 Å². The van der Waals surface area contributed by atoms with Gasteiger partial charge in [0.05, 0.1) is 17.3 Å².